The number of ether oxygens (including phenoxy) is 1. The predicted octanol–water partition coefficient (Wildman–Crippen LogP) is 4.09. The normalized spacial score (nSPS) is 9.88. The monoisotopic (exact) mass is 326 g/mol. The second-order valence-corrected chi connectivity index (χ2v) is 4.89. The maximum absolute atomic E-state index is 11.5. The van der Waals surface area contributed by atoms with Gasteiger partial charge in [-0.3, -0.25) is 0 Å². The van der Waals surface area contributed by atoms with Crippen LogP contribution in [0.5, 0.6) is 11.5 Å². The van der Waals surface area contributed by atoms with Crippen LogP contribution in [0.2, 0.25) is 0 Å². The van der Waals surface area contributed by atoms with Crippen molar-refractivity contribution in [3.63, 3.8) is 0 Å². The average molecular weight is 326 g/mol. The summed E-state index contributed by atoms with van der Waals surface area (Å²) in [7, 11) is 0. The first-order valence-corrected chi connectivity index (χ1v) is 7.54. The van der Waals surface area contributed by atoms with Crippen LogP contribution in [-0.2, 0) is 16.0 Å². The van der Waals surface area contributed by atoms with Gasteiger partial charge in [0.2, 0.25) is 0 Å². The highest BCUT2D eigenvalue weighted by Crippen LogP contribution is 2.25. The van der Waals surface area contributed by atoms with Gasteiger partial charge in [0, 0.05) is 12.5 Å². The molecular formula is C20H22O4. The molecule has 0 aliphatic heterocycles. The molecule has 0 heterocycles. The van der Waals surface area contributed by atoms with E-state index in [4.69, 9.17) is 4.74 Å². The van der Waals surface area contributed by atoms with Gasteiger partial charge in [-0.1, -0.05) is 42.5 Å². The van der Waals surface area contributed by atoms with Crippen LogP contribution in [0.3, 0.4) is 0 Å². The highest BCUT2D eigenvalue weighted by Gasteiger charge is 2.00. The van der Waals surface area contributed by atoms with E-state index in [0.717, 1.165) is 5.56 Å². The van der Waals surface area contributed by atoms with Gasteiger partial charge in [-0.25, -0.2) is 4.79 Å². The maximum atomic E-state index is 11.5. The molecule has 0 radical (unpaired) electrons. The average Bonchev–Trinajstić information content (AvgIpc) is 2.58. The lowest BCUT2D eigenvalue weighted by molar-refractivity contribution is -0.137. The van der Waals surface area contributed by atoms with Crippen LogP contribution in [0.4, 0.5) is 0 Å². The third-order valence-electron chi connectivity index (χ3n) is 2.89. The Morgan fingerprint density at radius 2 is 1.79 bits per heavy atom. The zero-order valence-corrected chi connectivity index (χ0v) is 13.7. The Kier molecular flexibility index (Phi) is 8.47. The molecule has 0 saturated carbocycles. The summed E-state index contributed by atoms with van der Waals surface area (Å²) in [6.45, 7) is 5.56. The summed E-state index contributed by atoms with van der Waals surface area (Å²) >= 11 is 0. The number of rotatable bonds is 5. The molecule has 0 saturated heterocycles. The summed E-state index contributed by atoms with van der Waals surface area (Å²) in [5.41, 5.74) is 1.71. The molecule has 2 aromatic rings. The first-order chi connectivity index (χ1) is 11.6. The van der Waals surface area contributed by atoms with Gasteiger partial charge in [-0.05, 0) is 36.3 Å². The van der Waals surface area contributed by atoms with E-state index in [1.165, 1.54) is 24.3 Å². The molecule has 0 aliphatic carbocycles. The number of hydrogen-bond acceptors (Lipinski definition) is 4. The van der Waals surface area contributed by atoms with Crippen molar-refractivity contribution < 1.29 is 19.7 Å². The van der Waals surface area contributed by atoms with Crippen molar-refractivity contribution in [3.8, 4) is 11.5 Å². The number of benzene rings is 2. The summed E-state index contributed by atoms with van der Waals surface area (Å²) in [6.07, 6.45) is 5.22. The number of carbonyl (C=O) groups is 1. The third-order valence-corrected chi connectivity index (χ3v) is 2.89. The van der Waals surface area contributed by atoms with Gasteiger partial charge in [0.05, 0.1) is 6.61 Å². The zero-order valence-electron chi connectivity index (χ0n) is 13.7. The number of carbonyl (C=O) groups excluding carboxylic acids is 1. The summed E-state index contributed by atoms with van der Waals surface area (Å²) in [4.78, 5) is 11.5. The van der Waals surface area contributed by atoms with E-state index in [1.807, 2.05) is 37.3 Å². The molecular weight excluding hydrogens is 304 g/mol. The first kappa shape index (κ1) is 19.0. The Labute approximate surface area is 142 Å². The Morgan fingerprint density at radius 1 is 1.12 bits per heavy atom. The van der Waals surface area contributed by atoms with E-state index < -0.39 is 5.97 Å². The Balaban J connectivity index is 0.000000891. The van der Waals surface area contributed by atoms with Crippen LogP contribution < -0.4 is 0 Å². The third kappa shape index (κ3) is 7.31. The quantitative estimate of drug-likeness (QED) is 0.376. The van der Waals surface area contributed by atoms with Crippen molar-refractivity contribution in [3.05, 3.63) is 78.4 Å². The van der Waals surface area contributed by atoms with Gasteiger partial charge in [-0.15, -0.1) is 6.58 Å². The fraction of sp³-hybridized carbons (Fsp3) is 0.150. The molecule has 0 bridgehead atoms. The van der Waals surface area contributed by atoms with Crippen molar-refractivity contribution in [2.75, 3.05) is 6.61 Å². The molecule has 2 rings (SSSR count). The molecule has 0 amide bonds. The van der Waals surface area contributed by atoms with Crippen LogP contribution in [0.15, 0.2) is 67.3 Å². The molecule has 24 heavy (non-hydrogen) atoms. The van der Waals surface area contributed by atoms with E-state index in [1.54, 1.807) is 12.1 Å². The number of phenols is 2. The van der Waals surface area contributed by atoms with Crippen molar-refractivity contribution in [1.29, 1.82) is 0 Å². The van der Waals surface area contributed by atoms with Gasteiger partial charge in [0.15, 0.2) is 11.5 Å². The largest absolute Gasteiger partial charge is 0.504 e. The van der Waals surface area contributed by atoms with Crippen LogP contribution in [0.1, 0.15) is 18.1 Å². The number of phenolic OH excluding ortho intramolecular Hbond substituents is 2. The summed E-state index contributed by atoms with van der Waals surface area (Å²) in [5, 5.41) is 18.5. The molecule has 0 aliphatic rings. The number of hydrogen-bond donors (Lipinski definition) is 2. The zero-order chi connectivity index (χ0) is 17.8. The fourth-order valence-corrected chi connectivity index (χ4v) is 1.77. The second-order valence-electron chi connectivity index (χ2n) is 4.89. The van der Waals surface area contributed by atoms with Crippen LogP contribution in [0, 0.1) is 0 Å². The van der Waals surface area contributed by atoms with E-state index >= 15 is 0 Å². The van der Waals surface area contributed by atoms with Crippen LogP contribution in [0.25, 0.3) is 6.08 Å². The maximum Gasteiger partial charge on any atom is 0.330 e. The molecule has 0 spiro atoms. The minimum Gasteiger partial charge on any atom is -0.504 e. The SMILES string of the molecule is C=CC.O=C(/C=C/c1ccc(O)c(O)c1)OCCc1ccccc1. The Bertz CT molecular complexity index is 675. The molecule has 2 N–H and O–H groups in total. The lowest BCUT2D eigenvalue weighted by Crippen LogP contribution is -2.04. The minimum absolute atomic E-state index is 0.197. The van der Waals surface area contributed by atoms with Crippen LogP contribution in [-0.4, -0.2) is 22.8 Å². The van der Waals surface area contributed by atoms with Crippen molar-refractivity contribution in [2.45, 2.75) is 13.3 Å². The molecule has 4 heteroatoms. The van der Waals surface area contributed by atoms with Gasteiger partial charge in [-0.2, -0.15) is 0 Å². The Morgan fingerprint density at radius 3 is 2.42 bits per heavy atom. The Hall–Kier alpha value is -3.01. The van der Waals surface area contributed by atoms with Crippen molar-refractivity contribution in [1.82, 2.24) is 0 Å². The molecule has 126 valence electrons. The lowest BCUT2D eigenvalue weighted by Gasteiger charge is -2.02. The van der Waals surface area contributed by atoms with Gasteiger partial charge >= 0.3 is 5.97 Å². The van der Waals surface area contributed by atoms with E-state index in [2.05, 4.69) is 6.58 Å². The molecule has 0 unspecified atom stereocenters. The van der Waals surface area contributed by atoms with Gasteiger partial charge in [0.25, 0.3) is 0 Å². The molecule has 4 nitrogen and oxygen atoms in total. The molecule has 0 atom stereocenters. The first-order valence-electron chi connectivity index (χ1n) is 7.54. The highest BCUT2D eigenvalue weighted by atomic mass is 16.5. The highest BCUT2D eigenvalue weighted by molar-refractivity contribution is 5.87. The number of esters is 1. The minimum atomic E-state index is -0.446. The molecule has 0 aromatic heterocycles. The predicted molar refractivity (Wildman–Crippen MR) is 95.8 cm³/mol. The van der Waals surface area contributed by atoms with Crippen molar-refractivity contribution in [2.24, 2.45) is 0 Å². The topological polar surface area (TPSA) is 66.8 Å². The molecule has 0 fully saturated rings. The summed E-state index contributed by atoms with van der Waals surface area (Å²) < 4.78 is 5.08. The smallest absolute Gasteiger partial charge is 0.330 e. The van der Waals surface area contributed by atoms with E-state index in [-0.39, 0.29) is 11.5 Å². The summed E-state index contributed by atoms with van der Waals surface area (Å²) in [5.74, 6) is -0.870. The number of allylic oxidation sites excluding steroid dienone is 1. The molecule has 2 aromatic carbocycles. The summed E-state index contributed by atoms with van der Waals surface area (Å²) in [6, 6.07) is 14.1. The lowest BCUT2D eigenvalue weighted by atomic mass is 10.2. The van der Waals surface area contributed by atoms with Gasteiger partial charge in [0.1, 0.15) is 0 Å². The second kappa shape index (κ2) is 10.7. The van der Waals surface area contributed by atoms with Crippen LogP contribution >= 0.6 is 0 Å². The number of aromatic hydroxyl groups is 2. The van der Waals surface area contributed by atoms with E-state index in [0.29, 0.717) is 18.6 Å². The standard InChI is InChI=1S/C17H16O4.C3H6/c18-15-8-6-14(12-16(15)19)7-9-17(20)21-11-10-13-4-2-1-3-5-13;1-3-2/h1-9,12,18-19H,10-11H2;3H,1H2,2H3/b9-7+;. The van der Waals surface area contributed by atoms with E-state index in [9.17, 15) is 15.0 Å². The fourth-order valence-electron chi connectivity index (χ4n) is 1.77. The van der Waals surface area contributed by atoms with Crippen molar-refractivity contribution >= 4 is 12.0 Å². The van der Waals surface area contributed by atoms with Gasteiger partial charge < -0.3 is 14.9 Å².